The van der Waals surface area contributed by atoms with Gasteiger partial charge < -0.3 is 5.73 Å². The Kier molecular flexibility index (Phi) is 5.34. The van der Waals surface area contributed by atoms with Crippen LogP contribution in [0.3, 0.4) is 0 Å². The molecule has 0 saturated carbocycles. The molecule has 2 N–H and O–H groups in total. The van der Waals surface area contributed by atoms with Gasteiger partial charge in [0.1, 0.15) is 0 Å². The van der Waals surface area contributed by atoms with E-state index in [0.29, 0.717) is 18.2 Å². The topological polar surface area (TPSA) is 43.1 Å². The van der Waals surface area contributed by atoms with Crippen LogP contribution in [0.25, 0.3) is 0 Å². The maximum atomic E-state index is 12.1. The lowest BCUT2D eigenvalue weighted by Gasteiger charge is -2.16. The van der Waals surface area contributed by atoms with Crippen molar-refractivity contribution in [2.75, 3.05) is 0 Å². The first-order valence-electron chi connectivity index (χ1n) is 6.11. The molecule has 0 aliphatic rings. The van der Waals surface area contributed by atoms with Gasteiger partial charge in [-0.3, -0.25) is 4.21 Å². The van der Waals surface area contributed by atoms with Gasteiger partial charge in [0.25, 0.3) is 0 Å². The summed E-state index contributed by atoms with van der Waals surface area (Å²) >= 11 is 0. The number of nitrogens with two attached hydrogens (primary N) is 1. The number of aryl methyl sites for hydroxylation is 1. The molecule has 1 aromatic carbocycles. The van der Waals surface area contributed by atoms with Crippen molar-refractivity contribution in [2.45, 2.75) is 45.2 Å². The van der Waals surface area contributed by atoms with E-state index in [0.717, 1.165) is 5.56 Å². The largest absolute Gasteiger partial charge is 0.326 e. The predicted molar refractivity (Wildman–Crippen MR) is 75.2 cm³/mol. The number of benzene rings is 1. The van der Waals surface area contributed by atoms with E-state index in [1.807, 2.05) is 6.07 Å². The maximum Gasteiger partial charge on any atom is 0.0491 e. The van der Waals surface area contributed by atoms with E-state index < -0.39 is 10.8 Å². The van der Waals surface area contributed by atoms with Crippen LogP contribution in [-0.4, -0.2) is 9.46 Å². The summed E-state index contributed by atoms with van der Waals surface area (Å²) in [5.41, 5.74) is 9.10. The Hall–Kier alpha value is -0.670. The summed E-state index contributed by atoms with van der Waals surface area (Å²) in [7, 11) is -0.796. The van der Waals surface area contributed by atoms with E-state index in [1.54, 1.807) is 0 Å². The monoisotopic (exact) mass is 253 g/mol. The minimum Gasteiger partial charge on any atom is -0.326 e. The molecule has 0 aliphatic carbocycles. The highest BCUT2D eigenvalue weighted by Gasteiger charge is 2.16. The summed E-state index contributed by atoms with van der Waals surface area (Å²) in [4.78, 5) is 0. The van der Waals surface area contributed by atoms with Crippen molar-refractivity contribution in [1.29, 1.82) is 0 Å². The fraction of sp³-hybridized carbons (Fsp3) is 0.571. The van der Waals surface area contributed by atoms with Gasteiger partial charge in [0, 0.05) is 28.3 Å². The van der Waals surface area contributed by atoms with Gasteiger partial charge in [0.15, 0.2) is 0 Å². The SMILES string of the molecule is Cc1cc(CN)ccc1CS(=O)C(C)C(C)C. The van der Waals surface area contributed by atoms with Gasteiger partial charge in [-0.25, -0.2) is 0 Å². The van der Waals surface area contributed by atoms with E-state index in [4.69, 9.17) is 5.73 Å². The van der Waals surface area contributed by atoms with Gasteiger partial charge in [-0.15, -0.1) is 0 Å². The van der Waals surface area contributed by atoms with E-state index in [2.05, 4.69) is 39.8 Å². The van der Waals surface area contributed by atoms with Crippen LogP contribution >= 0.6 is 0 Å². The van der Waals surface area contributed by atoms with Crippen LogP contribution in [0.2, 0.25) is 0 Å². The van der Waals surface area contributed by atoms with Crippen molar-refractivity contribution in [2.24, 2.45) is 11.7 Å². The Labute approximate surface area is 107 Å². The molecular weight excluding hydrogens is 230 g/mol. The van der Waals surface area contributed by atoms with E-state index in [-0.39, 0.29) is 5.25 Å². The molecule has 17 heavy (non-hydrogen) atoms. The van der Waals surface area contributed by atoms with Crippen LogP contribution in [0.15, 0.2) is 18.2 Å². The van der Waals surface area contributed by atoms with Crippen LogP contribution in [0.4, 0.5) is 0 Å². The van der Waals surface area contributed by atoms with E-state index in [1.165, 1.54) is 11.1 Å². The standard InChI is InChI=1S/C14H23NOS/c1-10(2)12(4)17(16)9-14-6-5-13(8-15)7-11(14)3/h5-7,10,12H,8-9,15H2,1-4H3. The maximum absolute atomic E-state index is 12.1. The molecule has 2 unspecified atom stereocenters. The zero-order valence-corrected chi connectivity index (χ0v) is 12.0. The van der Waals surface area contributed by atoms with Crippen molar-refractivity contribution >= 4 is 10.8 Å². The number of hydrogen-bond donors (Lipinski definition) is 1. The first-order valence-corrected chi connectivity index (χ1v) is 7.49. The molecule has 3 heteroatoms. The van der Waals surface area contributed by atoms with Crippen LogP contribution in [-0.2, 0) is 23.1 Å². The third kappa shape index (κ3) is 3.93. The minimum absolute atomic E-state index is 0.239. The van der Waals surface area contributed by atoms with Crippen LogP contribution < -0.4 is 5.73 Å². The molecule has 96 valence electrons. The van der Waals surface area contributed by atoms with Crippen molar-refractivity contribution in [1.82, 2.24) is 0 Å². The van der Waals surface area contributed by atoms with E-state index in [9.17, 15) is 4.21 Å². The Bertz CT molecular complexity index is 401. The molecule has 0 amide bonds. The first kappa shape index (κ1) is 14.4. The third-order valence-electron chi connectivity index (χ3n) is 3.29. The fourth-order valence-electron chi connectivity index (χ4n) is 1.64. The molecule has 1 rings (SSSR count). The quantitative estimate of drug-likeness (QED) is 0.877. The summed E-state index contributed by atoms with van der Waals surface area (Å²) in [6, 6.07) is 6.18. The molecule has 0 aliphatic heterocycles. The predicted octanol–water partition coefficient (Wildman–Crippen LogP) is 2.75. The highest BCUT2D eigenvalue weighted by molar-refractivity contribution is 7.84. The fourth-order valence-corrected chi connectivity index (χ4v) is 3.14. The summed E-state index contributed by atoms with van der Waals surface area (Å²) in [6.45, 7) is 8.92. The summed E-state index contributed by atoms with van der Waals surface area (Å²) in [6.07, 6.45) is 0. The lowest BCUT2D eigenvalue weighted by atomic mass is 10.1. The molecule has 0 saturated heterocycles. The average molecular weight is 253 g/mol. The molecule has 0 bridgehead atoms. The second kappa shape index (κ2) is 6.31. The van der Waals surface area contributed by atoms with Gasteiger partial charge in [-0.05, 0) is 29.5 Å². The third-order valence-corrected chi connectivity index (χ3v) is 5.26. The zero-order chi connectivity index (χ0) is 13.0. The second-order valence-electron chi connectivity index (χ2n) is 4.94. The number of rotatable bonds is 5. The first-order chi connectivity index (χ1) is 7.95. The second-order valence-corrected chi connectivity index (χ2v) is 6.73. The number of hydrogen-bond acceptors (Lipinski definition) is 2. The van der Waals surface area contributed by atoms with Gasteiger partial charge in [-0.2, -0.15) is 0 Å². The summed E-state index contributed by atoms with van der Waals surface area (Å²) in [5.74, 6) is 1.11. The van der Waals surface area contributed by atoms with Crippen LogP contribution in [0.5, 0.6) is 0 Å². The Morgan fingerprint density at radius 3 is 2.41 bits per heavy atom. The summed E-state index contributed by atoms with van der Waals surface area (Å²) in [5, 5.41) is 0.239. The molecular formula is C14H23NOS. The zero-order valence-electron chi connectivity index (χ0n) is 11.2. The average Bonchev–Trinajstić information content (AvgIpc) is 2.30. The van der Waals surface area contributed by atoms with Crippen LogP contribution in [0, 0.1) is 12.8 Å². The molecule has 2 atom stereocenters. The Morgan fingerprint density at radius 2 is 1.94 bits per heavy atom. The lowest BCUT2D eigenvalue weighted by molar-refractivity contribution is 0.605. The minimum atomic E-state index is -0.796. The van der Waals surface area contributed by atoms with Crippen molar-refractivity contribution in [3.8, 4) is 0 Å². The molecule has 0 spiro atoms. The van der Waals surface area contributed by atoms with Crippen molar-refractivity contribution < 1.29 is 4.21 Å². The normalized spacial score (nSPS) is 14.9. The van der Waals surface area contributed by atoms with Gasteiger partial charge >= 0.3 is 0 Å². The molecule has 1 aromatic rings. The van der Waals surface area contributed by atoms with Crippen LogP contribution in [0.1, 0.15) is 37.5 Å². The Morgan fingerprint density at radius 1 is 1.29 bits per heavy atom. The van der Waals surface area contributed by atoms with Gasteiger partial charge in [0.2, 0.25) is 0 Å². The van der Waals surface area contributed by atoms with Gasteiger partial charge in [0.05, 0.1) is 0 Å². The smallest absolute Gasteiger partial charge is 0.0491 e. The lowest BCUT2D eigenvalue weighted by Crippen LogP contribution is -2.19. The van der Waals surface area contributed by atoms with E-state index >= 15 is 0 Å². The van der Waals surface area contributed by atoms with Crippen molar-refractivity contribution in [3.63, 3.8) is 0 Å². The molecule has 0 heterocycles. The summed E-state index contributed by atoms with van der Waals surface area (Å²) < 4.78 is 12.1. The molecule has 0 fully saturated rings. The highest BCUT2D eigenvalue weighted by atomic mass is 32.2. The molecule has 2 nitrogen and oxygen atoms in total. The molecule has 0 aromatic heterocycles. The van der Waals surface area contributed by atoms with Crippen molar-refractivity contribution in [3.05, 3.63) is 34.9 Å². The highest BCUT2D eigenvalue weighted by Crippen LogP contribution is 2.17. The molecule has 0 radical (unpaired) electrons. The Balaban J connectivity index is 2.78. The van der Waals surface area contributed by atoms with Gasteiger partial charge in [-0.1, -0.05) is 39.0 Å².